The highest BCUT2D eigenvalue weighted by Crippen LogP contribution is 2.24. The van der Waals surface area contributed by atoms with Crippen molar-refractivity contribution in [2.45, 2.75) is 19.8 Å². The summed E-state index contributed by atoms with van der Waals surface area (Å²) >= 11 is 0. The largest absolute Gasteiger partial charge is 0.425 e. The van der Waals surface area contributed by atoms with E-state index in [1.54, 1.807) is 12.1 Å². The molecular formula is C17H18O3. The summed E-state index contributed by atoms with van der Waals surface area (Å²) in [7, 11) is 0. The molecule has 104 valence electrons. The molecule has 0 radical (unpaired) electrons. The molecule has 0 spiro atoms. The van der Waals surface area contributed by atoms with Crippen molar-refractivity contribution in [2.24, 2.45) is 0 Å². The van der Waals surface area contributed by atoms with Crippen molar-refractivity contribution < 1.29 is 14.6 Å². The van der Waals surface area contributed by atoms with Crippen LogP contribution in [0.1, 0.15) is 25.3 Å². The molecule has 2 aromatic carbocycles. The van der Waals surface area contributed by atoms with Crippen LogP contribution in [0.4, 0.5) is 0 Å². The topological polar surface area (TPSA) is 46.5 Å². The minimum atomic E-state index is -0.654. The van der Waals surface area contributed by atoms with Crippen LogP contribution in [-0.2, 0) is 4.79 Å². The minimum Gasteiger partial charge on any atom is -0.425 e. The summed E-state index contributed by atoms with van der Waals surface area (Å²) < 4.78 is 4.92. The van der Waals surface area contributed by atoms with Gasteiger partial charge in [0.15, 0.2) is 0 Å². The van der Waals surface area contributed by atoms with Crippen LogP contribution >= 0.6 is 0 Å². The Bertz CT molecular complexity index is 568. The molecule has 20 heavy (non-hydrogen) atoms. The number of ether oxygens (including phenoxy) is 1. The summed E-state index contributed by atoms with van der Waals surface area (Å²) in [5.74, 6) is 0.301. The number of esters is 1. The van der Waals surface area contributed by atoms with Crippen LogP contribution in [-0.4, -0.2) is 17.7 Å². The van der Waals surface area contributed by atoms with E-state index in [-0.39, 0.29) is 0 Å². The van der Waals surface area contributed by atoms with Crippen LogP contribution in [0.5, 0.6) is 5.75 Å². The smallest absolute Gasteiger partial charge is 0.337 e. The van der Waals surface area contributed by atoms with E-state index in [1.807, 2.05) is 12.1 Å². The van der Waals surface area contributed by atoms with E-state index in [4.69, 9.17) is 9.84 Å². The normalized spacial score (nSPS) is 10.6. The standard InChI is InChI=1S/C17H18O3/c1-12(2)13-3-5-14(6-4-13)15-7-9-16(10-8-15)20-17(19)11-18/h3-10,12,18H,11H2,1-2H3. The van der Waals surface area contributed by atoms with Gasteiger partial charge in [-0.1, -0.05) is 50.2 Å². The van der Waals surface area contributed by atoms with Gasteiger partial charge in [-0.15, -0.1) is 0 Å². The number of carbonyl (C=O) groups excluding carboxylic acids is 1. The number of carbonyl (C=O) groups is 1. The predicted octanol–water partition coefficient (Wildman–Crippen LogP) is 3.37. The van der Waals surface area contributed by atoms with Crippen molar-refractivity contribution in [3.05, 3.63) is 54.1 Å². The molecule has 0 aliphatic heterocycles. The van der Waals surface area contributed by atoms with Gasteiger partial charge in [-0.05, 0) is 34.7 Å². The molecule has 0 atom stereocenters. The van der Waals surface area contributed by atoms with Crippen molar-refractivity contribution in [1.82, 2.24) is 0 Å². The maximum Gasteiger partial charge on any atom is 0.337 e. The Balaban J connectivity index is 2.15. The molecule has 0 bridgehead atoms. The van der Waals surface area contributed by atoms with E-state index in [1.165, 1.54) is 5.56 Å². The Morgan fingerprint density at radius 3 is 1.95 bits per heavy atom. The number of benzene rings is 2. The lowest BCUT2D eigenvalue weighted by molar-refractivity contribution is -0.137. The second kappa shape index (κ2) is 6.35. The first-order valence-electron chi connectivity index (χ1n) is 6.62. The fraction of sp³-hybridized carbons (Fsp3) is 0.235. The quantitative estimate of drug-likeness (QED) is 0.684. The number of hydrogen-bond acceptors (Lipinski definition) is 3. The maximum atomic E-state index is 11.0. The monoisotopic (exact) mass is 270 g/mol. The molecule has 0 aliphatic rings. The summed E-state index contributed by atoms with van der Waals surface area (Å²) in [6.45, 7) is 3.72. The average Bonchev–Trinajstić information content (AvgIpc) is 2.48. The third-order valence-electron chi connectivity index (χ3n) is 3.13. The zero-order valence-corrected chi connectivity index (χ0v) is 11.7. The Morgan fingerprint density at radius 1 is 1.00 bits per heavy atom. The molecule has 2 rings (SSSR count). The first-order valence-corrected chi connectivity index (χ1v) is 6.62. The molecule has 0 unspecified atom stereocenters. The number of aliphatic hydroxyl groups excluding tert-OH is 1. The van der Waals surface area contributed by atoms with Gasteiger partial charge in [0, 0.05) is 0 Å². The highest BCUT2D eigenvalue weighted by molar-refractivity contribution is 5.73. The molecule has 0 fully saturated rings. The van der Waals surface area contributed by atoms with Gasteiger partial charge in [0.2, 0.25) is 0 Å². The highest BCUT2D eigenvalue weighted by atomic mass is 16.5. The highest BCUT2D eigenvalue weighted by Gasteiger charge is 2.04. The van der Waals surface area contributed by atoms with Crippen molar-refractivity contribution >= 4 is 5.97 Å². The van der Waals surface area contributed by atoms with Crippen molar-refractivity contribution in [3.63, 3.8) is 0 Å². The third kappa shape index (κ3) is 3.45. The predicted molar refractivity (Wildman–Crippen MR) is 78.7 cm³/mol. The summed E-state index contributed by atoms with van der Waals surface area (Å²) in [4.78, 5) is 11.0. The van der Waals surface area contributed by atoms with Crippen LogP contribution in [0.3, 0.4) is 0 Å². The third-order valence-corrected chi connectivity index (χ3v) is 3.13. The second-order valence-corrected chi connectivity index (χ2v) is 4.93. The average molecular weight is 270 g/mol. The lowest BCUT2D eigenvalue weighted by Gasteiger charge is -2.08. The summed E-state index contributed by atoms with van der Waals surface area (Å²) in [6.07, 6.45) is 0. The van der Waals surface area contributed by atoms with Crippen molar-refractivity contribution in [1.29, 1.82) is 0 Å². The molecular weight excluding hydrogens is 252 g/mol. The Hall–Kier alpha value is -2.13. The van der Waals surface area contributed by atoms with Crippen LogP contribution < -0.4 is 4.74 Å². The van der Waals surface area contributed by atoms with E-state index >= 15 is 0 Å². The molecule has 0 aliphatic carbocycles. The van der Waals surface area contributed by atoms with E-state index in [0.717, 1.165) is 11.1 Å². The summed E-state index contributed by atoms with van der Waals surface area (Å²) in [5, 5.41) is 8.62. The van der Waals surface area contributed by atoms with Gasteiger partial charge in [-0.25, -0.2) is 4.79 Å². The van der Waals surface area contributed by atoms with Crippen molar-refractivity contribution in [3.8, 4) is 16.9 Å². The molecule has 0 amide bonds. The van der Waals surface area contributed by atoms with Gasteiger partial charge in [0.1, 0.15) is 12.4 Å². The van der Waals surface area contributed by atoms with Crippen LogP contribution in [0, 0.1) is 0 Å². The SMILES string of the molecule is CC(C)c1ccc(-c2ccc(OC(=O)CO)cc2)cc1. The maximum absolute atomic E-state index is 11.0. The Morgan fingerprint density at radius 2 is 1.50 bits per heavy atom. The first kappa shape index (κ1) is 14.3. The van der Waals surface area contributed by atoms with E-state index < -0.39 is 12.6 Å². The van der Waals surface area contributed by atoms with E-state index in [2.05, 4.69) is 38.1 Å². The van der Waals surface area contributed by atoms with Gasteiger partial charge in [0.05, 0.1) is 0 Å². The van der Waals surface area contributed by atoms with Crippen molar-refractivity contribution in [2.75, 3.05) is 6.61 Å². The molecule has 2 aromatic rings. The van der Waals surface area contributed by atoms with Gasteiger partial charge >= 0.3 is 5.97 Å². The van der Waals surface area contributed by atoms with Crippen LogP contribution in [0.25, 0.3) is 11.1 Å². The summed E-state index contributed by atoms with van der Waals surface area (Å²) in [5.41, 5.74) is 3.49. The summed E-state index contributed by atoms with van der Waals surface area (Å²) in [6, 6.07) is 15.7. The van der Waals surface area contributed by atoms with Gasteiger partial charge in [0.25, 0.3) is 0 Å². The number of aliphatic hydroxyl groups is 1. The molecule has 0 saturated carbocycles. The molecule has 0 aromatic heterocycles. The number of hydrogen-bond donors (Lipinski definition) is 1. The number of rotatable bonds is 4. The zero-order valence-electron chi connectivity index (χ0n) is 11.7. The van der Waals surface area contributed by atoms with Gasteiger partial charge in [-0.2, -0.15) is 0 Å². The Kier molecular flexibility index (Phi) is 4.53. The van der Waals surface area contributed by atoms with E-state index in [0.29, 0.717) is 11.7 Å². The molecule has 3 heteroatoms. The van der Waals surface area contributed by atoms with Crippen LogP contribution in [0.15, 0.2) is 48.5 Å². The molecule has 0 heterocycles. The van der Waals surface area contributed by atoms with Gasteiger partial charge < -0.3 is 9.84 Å². The zero-order chi connectivity index (χ0) is 14.5. The fourth-order valence-electron chi connectivity index (χ4n) is 1.94. The van der Waals surface area contributed by atoms with E-state index in [9.17, 15) is 4.79 Å². The molecule has 1 N–H and O–H groups in total. The second-order valence-electron chi connectivity index (χ2n) is 4.93. The first-order chi connectivity index (χ1) is 9.60. The minimum absolute atomic E-state index is 0.437. The van der Waals surface area contributed by atoms with Gasteiger partial charge in [-0.3, -0.25) is 0 Å². The Labute approximate surface area is 118 Å². The molecule has 0 saturated heterocycles. The molecule has 3 nitrogen and oxygen atoms in total. The lowest BCUT2D eigenvalue weighted by atomic mass is 9.99. The lowest BCUT2D eigenvalue weighted by Crippen LogP contribution is -2.11. The fourth-order valence-corrected chi connectivity index (χ4v) is 1.94. The van der Waals surface area contributed by atoms with Crippen LogP contribution in [0.2, 0.25) is 0 Å².